The van der Waals surface area contributed by atoms with E-state index in [0.717, 1.165) is 17.7 Å². The van der Waals surface area contributed by atoms with E-state index >= 15 is 0 Å². The van der Waals surface area contributed by atoms with E-state index in [1.807, 2.05) is 18.2 Å². The summed E-state index contributed by atoms with van der Waals surface area (Å²) < 4.78 is 5.57. The van der Waals surface area contributed by atoms with E-state index in [1.54, 1.807) is 7.11 Å². The van der Waals surface area contributed by atoms with Crippen LogP contribution in [-0.4, -0.2) is 7.11 Å². The molecule has 3 rings (SSSR count). The third kappa shape index (κ3) is 1.40. The summed E-state index contributed by atoms with van der Waals surface area (Å²) in [5, 5.41) is 0. The van der Waals surface area contributed by atoms with Crippen molar-refractivity contribution < 1.29 is 4.74 Å². The van der Waals surface area contributed by atoms with Gasteiger partial charge < -0.3 is 4.74 Å². The van der Waals surface area contributed by atoms with E-state index < -0.39 is 0 Å². The Kier molecular flexibility index (Phi) is 2.17. The van der Waals surface area contributed by atoms with Crippen LogP contribution in [0.2, 0.25) is 0 Å². The van der Waals surface area contributed by atoms with Crippen molar-refractivity contribution in [1.29, 1.82) is 0 Å². The van der Waals surface area contributed by atoms with E-state index in [2.05, 4.69) is 30.4 Å². The first-order chi connectivity index (χ1) is 7.88. The Labute approximate surface area is 95.7 Å². The maximum atomic E-state index is 5.57. The van der Waals surface area contributed by atoms with Crippen LogP contribution < -0.4 is 0 Å². The monoisotopic (exact) mass is 210 g/mol. The van der Waals surface area contributed by atoms with Gasteiger partial charge in [-0.15, -0.1) is 0 Å². The quantitative estimate of drug-likeness (QED) is 0.678. The Bertz CT molecular complexity index is 491. The molecule has 2 aliphatic carbocycles. The molecule has 0 spiro atoms. The molecular weight excluding hydrogens is 196 g/mol. The van der Waals surface area contributed by atoms with Crippen LogP contribution in [0.5, 0.6) is 0 Å². The molecule has 0 N–H and O–H groups in total. The van der Waals surface area contributed by atoms with Crippen LogP contribution in [-0.2, 0) is 4.74 Å². The highest BCUT2D eigenvalue weighted by Gasteiger charge is 2.27. The highest BCUT2D eigenvalue weighted by molar-refractivity contribution is 5.70. The van der Waals surface area contributed by atoms with Crippen LogP contribution in [0.15, 0.2) is 59.7 Å². The molecule has 0 saturated heterocycles. The minimum atomic E-state index is 0.533. The Hall–Kier alpha value is -1.76. The first-order valence-corrected chi connectivity index (χ1v) is 5.61. The summed E-state index contributed by atoms with van der Waals surface area (Å²) in [7, 11) is 1.75. The van der Waals surface area contributed by atoms with Gasteiger partial charge >= 0.3 is 0 Å². The lowest BCUT2D eigenvalue weighted by Crippen LogP contribution is -1.98. The molecule has 1 aromatic carbocycles. The van der Waals surface area contributed by atoms with Crippen molar-refractivity contribution >= 4 is 5.76 Å². The fourth-order valence-corrected chi connectivity index (χ4v) is 2.48. The van der Waals surface area contributed by atoms with E-state index in [9.17, 15) is 0 Å². The predicted octanol–water partition coefficient (Wildman–Crippen LogP) is 3.56. The van der Waals surface area contributed by atoms with Crippen molar-refractivity contribution in [3.63, 3.8) is 0 Å². The lowest BCUT2D eigenvalue weighted by Gasteiger charge is -2.13. The van der Waals surface area contributed by atoms with Crippen LogP contribution >= 0.6 is 0 Å². The standard InChI is InChI=1S/C15H14O/c1-16-15(12-5-3-2-4-6-12)14-10-11-7-8-13(14)9-11/h2-8,10,13H,9H2,1H3. The molecule has 0 fully saturated rings. The molecule has 0 aliphatic heterocycles. The normalized spacial score (nSPS) is 24.6. The predicted molar refractivity (Wildman–Crippen MR) is 65.7 cm³/mol. The van der Waals surface area contributed by atoms with Gasteiger partial charge in [0.15, 0.2) is 0 Å². The zero-order valence-electron chi connectivity index (χ0n) is 9.31. The number of ether oxygens (including phenoxy) is 1. The summed E-state index contributed by atoms with van der Waals surface area (Å²) in [6.45, 7) is 0. The second kappa shape index (κ2) is 3.67. The summed E-state index contributed by atoms with van der Waals surface area (Å²) in [5.41, 5.74) is 3.91. The smallest absolute Gasteiger partial charge is 0.129 e. The minimum Gasteiger partial charge on any atom is -0.496 e. The Morgan fingerprint density at radius 2 is 2.06 bits per heavy atom. The highest BCUT2D eigenvalue weighted by atomic mass is 16.5. The van der Waals surface area contributed by atoms with Gasteiger partial charge in [0.2, 0.25) is 0 Å². The maximum Gasteiger partial charge on any atom is 0.129 e. The topological polar surface area (TPSA) is 9.23 Å². The van der Waals surface area contributed by atoms with Crippen molar-refractivity contribution in [3.05, 3.63) is 65.3 Å². The van der Waals surface area contributed by atoms with Gasteiger partial charge in [0.1, 0.15) is 5.76 Å². The number of allylic oxidation sites excluding steroid dienone is 5. The fraction of sp³-hybridized carbons (Fsp3) is 0.200. The van der Waals surface area contributed by atoms with Crippen molar-refractivity contribution in [1.82, 2.24) is 0 Å². The highest BCUT2D eigenvalue weighted by Crippen LogP contribution is 2.41. The van der Waals surface area contributed by atoms with E-state index in [4.69, 9.17) is 4.74 Å². The number of fused-ring (bicyclic) bond motifs is 2. The first kappa shape index (κ1) is 9.46. The third-order valence-electron chi connectivity index (χ3n) is 3.24. The molecule has 1 heteroatoms. The van der Waals surface area contributed by atoms with E-state index in [-0.39, 0.29) is 0 Å². The van der Waals surface area contributed by atoms with Gasteiger partial charge in [0, 0.05) is 17.1 Å². The molecule has 80 valence electrons. The molecular formula is C15H14O. The average molecular weight is 210 g/mol. The largest absolute Gasteiger partial charge is 0.496 e. The van der Waals surface area contributed by atoms with Gasteiger partial charge in [0.25, 0.3) is 0 Å². The fourth-order valence-electron chi connectivity index (χ4n) is 2.48. The summed E-state index contributed by atoms with van der Waals surface area (Å²) in [4.78, 5) is 0. The zero-order chi connectivity index (χ0) is 11.0. The van der Waals surface area contributed by atoms with Gasteiger partial charge in [-0.2, -0.15) is 0 Å². The lowest BCUT2D eigenvalue weighted by molar-refractivity contribution is 0.365. The van der Waals surface area contributed by atoms with E-state index in [0.29, 0.717) is 5.92 Å². The van der Waals surface area contributed by atoms with E-state index in [1.165, 1.54) is 11.1 Å². The number of benzene rings is 1. The number of hydrogen-bond donors (Lipinski definition) is 0. The Balaban J connectivity index is 2.08. The summed E-state index contributed by atoms with van der Waals surface area (Å²) >= 11 is 0. The van der Waals surface area contributed by atoms with Crippen LogP contribution in [0.3, 0.4) is 0 Å². The second-order valence-electron chi connectivity index (χ2n) is 4.24. The third-order valence-corrected chi connectivity index (χ3v) is 3.24. The Morgan fingerprint density at radius 1 is 1.25 bits per heavy atom. The maximum absolute atomic E-state index is 5.57. The van der Waals surface area contributed by atoms with Gasteiger partial charge in [-0.1, -0.05) is 48.6 Å². The molecule has 2 aliphatic rings. The van der Waals surface area contributed by atoms with Gasteiger partial charge in [0.05, 0.1) is 7.11 Å². The molecule has 0 radical (unpaired) electrons. The molecule has 0 saturated carbocycles. The van der Waals surface area contributed by atoms with Crippen molar-refractivity contribution in [2.24, 2.45) is 5.92 Å². The van der Waals surface area contributed by atoms with Gasteiger partial charge in [-0.05, 0) is 12.0 Å². The molecule has 1 unspecified atom stereocenters. The van der Waals surface area contributed by atoms with Crippen molar-refractivity contribution in [2.45, 2.75) is 6.42 Å². The number of hydrogen-bond acceptors (Lipinski definition) is 1. The average Bonchev–Trinajstić information content (AvgIpc) is 2.94. The SMILES string of the molecule is COC(=C1C=C2C=CC1C2)c1ccccc1. The summed E-state index contributed by atoms with van der Waals surface area (Å²) in [5.74, 6) is 1.55. The minimum absolute atomic E-state index is 0.533. The molecule has 1 atom stereocenters. The summed E-state index contributed by atoms with van der Waals surface area (Å²) in [6, 6.07) is 10.3. The number of methoxy groups -OCH3 is 1. The molecule has 16 heavy (non-hydrogen) atoms. The molecule has 1 aromatic rings. The van der Waals surface area contributed by atoms with Crippen molar-refractivity contribution in [3.8, 4) is 0 Å². The van der Waals surface area contributed by atoms with Crippen LogP contribution in [0, 0.1) is 5.92 Å². The lowest BCUT2D eigenvalue weighted by atomic mass is 9.98. The molecule has 1 nitrogen and oxygen atoms in total. The Morgan fingerprint density at radius 3 is 2.62 bits per heavy atom. The second-order valence-corrected chi connectivity index (χ2v) is 4.24. The van der Waals surface area contributed by atoms with Crippen LogP contribution in [0.4, 0.5) is 0 Å². The first-order valence-electron chi connectivity index (χ1n) is 5.61. The summed E-state index contributed by atoms with van der Waals surface area (Å²) in [6.07, 6.45) is 7.89. The van der Waals surface area contributed by atoms with Crippen LogP contribution in [0.25, 0.3) is 5.76 Å². The molecule has 0 heterocycles. The van der Waals surface area contributed by atoms with Crippen molar-refractivity contribution in [2.75, 3.05) is 7.11 Å². The zero-order valence-corrected chi connectivity index (χ0v) is 9.31. The molecule has 0 aromatic heterocycles. The molecule has 0 amide bonds. The molecule has 2 bridgehead atoms. The van der Waals surface area contributed by atoms with Gasteiger partial charge in [-0.3, -0.25) is 0 Å². The van der Waals surface area contributed by atoms with Crippen LogP contribution in [0.1, 0.15) is 12.0 Å². The number of rotatable bonds is 2. The van der Waals surface area contributed by atoms with Gasteiger partial charge in [-0.25, -0.2) is 0 Å².